The first-order valence-corrected chi connectivity index (χ1v) is 7.28. The van der Waals surface area contributed by atoms with Gasteiger partial charge in [0.05, 0.1) is 13.1 Å². The van der Waals surface area contributed by atoms with Crippen LogP contribution in [0.25, 0.3) is 0 Å². The van der Waals surface area contributed by atoms with E-state index in [1.807, 2.05) is 13.0 Å². The van der Waals surface area contributed by atoms with Crippen LogP contribution in [0.2, 0.25) is 5.15 Å². The van der Waals surface area contributed by atoms with Crippen molar-refractivity contribution in [3.63, 3.8) is 0 Å². The van der Waals surface area contributed by atoms with Crippen LogP contribution in [-0.2, 0) is 13.1 Å². The molecule has 1 aliphatic rings. The lowest BCUT2D eigenvalue weighted by Gasteiger charge is -2.14. The topological polar surface area (TPSA) is 58.2 Å². The minimum Gasteiger partial charge on any atom is -0.476 e. The molecule has 0 atom stereocenters. The molecule has 2 aromatic rings. The molecule has 0 aliphatic carbocycles. The molecule has 3 rings (SSSR count). The van der Waals surface area contributed by atoms with Crippen molar-refractivity contribution in [3.8, 4) is 5.88 Å². The van der Waals surface area contributed by atoms with Gasteiger partial charge in [-0.15, -0.1) is 0 Å². The third-order valence-corrected chi connectivity index (χ3v) is 3.90. The Labute approximate surface area is 132 Å². The normalized spacial score (nSPS) is 13.6. The zero-order chi connectivity index (χ0) is 15.7. The molecular weight excluding hydrogens is 309 g/mol. The molecule has 0 radical (unpaired) electrons. The average Bonchev–Trinajstić information content (AvgIpc) is 3.00. The maximum absolute atomic E-state index is 12.4. The van der Waals surface area contributed by atoms with Gasteiger partial charge in [0.15, 0.2) is 5.88 Å². The Morgan fingerprint density at radius 3 is 3.09 bits per heavy atom. The molecule has 0 spiro atoms. The van der Waals surface area contributed by atoms with E-state index in [-0.39, 0.29) is 12.5 Å². The number of nitrogens with one attached hydrogen (secondary N) is 1. The lowest BCUT2D eigenvalue weighted by atomic mass is 10.2. The summed E-state index contributed by atoms with van der Waals surface area (Å²) in [6.07, 6.45) is 1.53. The van der Waals surface area contributed by atoms with Crippen molar-refractivity contribution in [1.29, 1.82) is 0 Å². The molecule has 1 aliphatic heterocycles. The van der Waals surface area contributed by atoms with Crippen molar-refractivity contribution in [3.05, 3.63) is 45.9 Å². The summed E-state index contributed by atoms with van der Waals surface area (Å²) in [5, 5.41) is 0.364. The predicted molar refractivity (Wildman–Crippen MR) is 79.8 cm³/mol. The number of H-pyrrole nitrogens is 1. The minimum atomic E-state index is -0.542. The molecule has 0 saturated carbocycles. The average molecular weight is 324 g/mol. The number of halogens is 2. The van der Waals surface area contributed by atoms with Crippen molar-refractivity contribution in [1.82, 2.24) is 14.9 Å². The molecule has 0 aromatic carbocycles. The van der Waals surface area contributed by atoms with Crippen molar-refractivity contribution in [2.45, 2.75) is 20.0 Å². The van der Waals surface area contributed by atoms with Crippen LogP contribution in [0.5, 0.6) is 5.88 Å². The van der Waals surface area contributed by atoms with Crippen molar-refractivity contribution in [2.75, 3.05) is 13.3 Å². The van der Waals surface area contributed by atoms with Crippen LogP contribution in [0.1, 0.15) is 27.2 Å². The van der Waals surface area contributed by atoms with E-state index in [0.29, 0.717) is 29.7 Å². The molecule has 0 fully saturated rings. The fraction of sp³-hybridized carbons (Fsp3) is 0.333. The van der Waals surface area contributed by atoms with Gasteiger partial charge in [0.1, 0.15) is 18.4 Å². The number of carbonyl (C=O) groups excluding carboxylic acids is 1. The molecule has 22 heavy (non-hydrogen) atoms. The van der Waals surface area contributed by atoms with E-state index in [4.69, 9.17) is 16.3 Å². The summed E-state index contributed by atoms with van der Waals surface area (Å²) in [4.78, 5) is 21.1. The smallest absolute Gasteiger partial charge is 0.255 e. The Bertz CT molecular complexity index is 717. The molecule has 0 bridgehead atoms. The number of fused-ring (bicyclic) bond motifs is 1. The number of hydrogen-bond donors (Lipinski definition) is 1. The van der Waals surface area contributed by atoms with Crippen LogP contribution in [-0.4, -0.2) is 34.1 Å². The van der Waals surface area contributed by atoms with E-state index in [1.165, 1.54) is 6.20 Å². The summed E-state index contributed by atoms with van der Waals surface area (Å²) >= 11 is 6.04. The first-order chi connectivity index (χ1) is 10.6. The molecule has 1 N–H and O–H groups in total. The maximum atomic E-state index is 12.4. The van der Waals surface area contributed by atoms with E-state index in [2.05, 4.69) is 9.97 Å². The number of pyridine rings is 1. The molecule has 5 nitrogen and oxygen atoms in total. The molecule has 0 saturated heterocycles. The van der Waals surface area contributed by atoms with Gasteiger partial charge in [-0.05, 0) is 19.1 Å². The number of rotatable bonds is 5. The predicted octanol–water partition coefficient (Wildman–Crippen LogP) is 2.88. The molecule has 2 aromatic heterocycles. The molecule has 0 unspecified atom stereocenters. The third kappa shape index (κ3) is 2.66. The fourth-order valence-corrected chi connectivity index (χ4v) is 2.79. The summed E-state index contributed by atoms with van der Waals surface area (Å²) in [7, 11) is 0. The summed E-state index contributed by atoms with van der Waals surface area (Å²) in [6.45, 7) is 2.17. The summed E-state index contributed by atoms with van der Waals surface area (Å²) < 4.78 is 17.4. The number of aryl methyl sites for hydroxylation is 1. The number of aromatic nitrogens is 2. The van der Waals surface area contributed by atoms with Gasteiger partial charge < -0.3 is 14.6 Å². The van der Waals surface area contributed by atoms with Crippen LogP contribution in [0.15, 0.2) is 18.3 Å². The highest BCUT2D eigenvalue weighted by atomic mass is 35.5. The van der Waals surface area contributed by atoms with E-state index >= 15 is 0 Å². The van der Waals surface area contributed by atoms with Gasteiger partial charge in [-0.3, -0.25) is 4.79 Å². The Morgan fingerprint density at radius 1 is 1.55 bits per heavy atom. The van der Waals surface area contributed by atoms with Gasteiger partial charge in [-0.25, -0.2) is 9.37 Å². The number of hydrogen-bond acceptors (Lipinski definition) is 3. The summed E-state index contributed by atoms with van der Waals surface area (Å²) in [5.41, 5.74) is 3.06. The lowest BCUT2D eigenvalue weighted by Crippen LogP contribution is -2.23. The number of carbonyl (C=O) groups is 1. The van der Waals surface area contributed by atoms with Crippen molar-refractivity contribution >= 4 is 17.5 Å². The second kappa shape index (κ2) is 5.96. The van der Waals surface area contributed by atoms with Gasteiger partial charge in [0.2, 0.25) is 0 Å². The highest BCUT2D eigenvalue weighted by Crippen LogP contribution is 2.29. The van der Waals surface area contributed by atoms with Gasteiger partial charge >= 0.3 is 0 Å². The Hall–Kier alpha value is -2.08. The van der Waals surface area contributed by atoms with E-state index in [1.54, 1.807) is 11.0 Å². The molecule has 1 amide bonds. The van der Waals surface area contributed by atoms with E-state index in [9.17, 15) is 9.18 Å². The quantitative estimate of drug-likeness (QED) is 0.861. The van der Waals surface area contributed by atoms with Gasteiger partial charge in [-0.2, -0.15) is 0 Å². The number of amides is 1. The van der Waals surface area contributed by atoms with Crippen molar-refractivity contribution in [2.24, 2.45) is 0 Å². The zero-order valence-electron chi connectivity index (χ0n) is 12.0. The van der Waals surface area contributed by atoms with E-state index in [0.717, 1.165) is 16.8 Å². The largest absolute Gasteiger partial charge is 0.476 e. The Balaban J connectivity index is 1.75. The number of ether oxygens (including phenoxy) is 1. The molecule has 7 heteroatoms. The maximum Gasteiger partial charge on any atom is 0.255 e. The van der Waals surface area contributed by atoms with Crippen LogP contribution >= 0.6 is 11.6 Å². The SMILES string of the molecule is Cc1cc(CN2Cc3c(ccnc3Cl)C2=O)[nH]c1OCCF. The summed E-state index contributed by atoms with van der Waals surface area (Å²) in [5.74, 6) is 0.467. The third-order valence-electron chi connectivity index (χ3n) is 3.58. The highest BCUT2D eigenvalue weighted by Gasteiger charge is 2.29. The van der Waals surface area contributed by atoms with Crippen molar-refractivity contribution < 1.29 is 13.9 Å². The van der Waals surface area contributed by atoms with Gasteiger partial charge in [0, 0.05) is 28.6 Å². The van der Waals surface area contributed by atoms with Crippen LogP contribution in [0.3, 0.4) is 0 Å². The lowest BCUT2D eigenvalue weighted by molar-refractivity contribution is 0.0764. The monoisotopic (exact) mass is 323 g/mol. The first-order valence-electron chi connectivity index (χ1n) is 6.90. The van der Waals surface area contributed by atoms with Crippen LogP contribution in [0, 0.1) is 6.92 Å². The van der Waals surface area contributed by atoms with Gasteiger partial charge in [-0.1, -0.05) is 11.6 Å². The highest BCUT2D eigenvalue weighted by molar-refractivity contribution is 6.30. The Morgan fingerprint density at radius 2 is 2.36 bits per heavy atom. The summed E-state index contributed by atoms with van der Waals surface area (Å²) in [6, 6.07) is 3.57. The minimum absolute atomic E-state index is 0.0101. The second-order valence-electron chi connectivity index (χ2n) is 5.13. The number of alkyl halides is 1. The molecule has 116 valence electrons. The zero-order valence-corrected chi connectivity index (χ0v) is 12.8. The molecular formula is C15H15ClFN3O2. The Kier molecular flexibility index (Phi) is 4.02. The fourth-order valence-electron chi connectivity index (χ4n) is 2.57. The number of aromatic amines is 1. The van der Waals surface area contributed by atoms with Gasteiger partial charge in [0.25, 0.3) is 5.91 Å². The number of nitrogens with zero attached hydrogens (tertiary/aromatic N) is 2. The second-order valence-corrected chi connectivity index (χ2v) is 5.49. The van der Waals surface area contributed by atoms with E-state index < -0.39 is 6.67 Å². The van der Waals surface area contributed by atoms with Crippen LogP contribution in [0.4, 0.5) is 4.39 Å². The standard InChI is InChI=1S/C15H15ClFN3O2/c1-9-6-10(19-14(9)22-5-3-17)7-20-8-12-11(15(20)21)2-4-18-13(12)16/h2,4,6,19H,3,5,7-8H2,1H3. The van der Waals surface area contributed by atoms with Crippen LogP contribution < -0.4 is 4.74 Å². The first kappa shape index (κ1) is 14.8. The molecule has 3 heterocycles.